The molecule has 1 aromatic carbocycles. The van der Waals surface area contributed by atoms with Gasteiger partial charge < -0.3 is 14.7 Å². The van der Waals surface area contributed by atoms with Crippen molar-refractivity contribution in [3.05, 3.63) is 53.6 Å². The van der Waals surface area contributed by atoms with Crippen molar-refractivity contribution < 1.29 is 32.2 Å². The van der Waals surface area contributed by atoms with Crippen LogP contribution in [-0.2, 0) is 15.4 Å². The molecule has 9 nitrogen and oxygen atoms in total. The lowest BCUT2D eigenvalue weighted by Gasteiger charge is -2.28. The number of hydrogen-bond acceptors (Lipinski definition) is 6. The highest BCUT2D eigenvalue weighted by molar-refractivity contribution is 7.90. The van der Waals surface area contributed by atoms with Crippen LogP contribution in [0.15, 0.2) is 41.3 Å². The van der Waals surface area contributed by atoms with Crippen LogP contribution in [0.3, 0.4) is 0 Å². The monoisotopic (exact) mass is 535 g/mol. The van der Waals surface area contributed by atoms with E-state index in [4.69, 9.17) is 4.74 Å². The van der Waals surface area contributed by atoms with Gasteiger partial charge in [-0.05, 0) is 63.3 Å². The largest absolute Gasteiger partial charge is 0.494 e. The molecule has 1 aliphatic rings. The number of halogens is 1. The van der Waals surface area contributed by atoms with Crippen LogP contribution in [0, 0.1) is 11.9 Å². The lowest BCUT2D eigenvalue weighted by Crippen LogP contribution is -2.41. The van der Waals surface area contributed by atoms with Gasteiger partial charge >= 0.3 is 6.09 Å². The lowest BCUT2D eigenvalue weighted by molar-refractivity contribution is 0.0975. The van der Waals surface area contributed by atoms with E-state index in [2.05, 4.69) is 4.98 Å². The number of benzene rings is 1. The lowest BCUT2D eigenvalue weighted by atomic mass is 9.91. The predicted molar refractivity (Wildman–Crippen MR) is 136 cm³/mol. The van der Waals surface area contributed by atoms with E-state index in [0.29, 0.717) is 31.0 Å². The molecule has 1 aromatic heterocycles. The van der Waals surface area contributed by atoms with Gasteiger partial charge in [0.2, 0.25) is 5.95 Å². The van der Waals surface area contributed by atoms with Crippen molar-refractivity contribution in [1.29, 1.82) is 0 Å². The highest BCUT2D eigenvalue weighted by Crippen LogP contribution is 2.35. The summed E-state index contributed by atoms with van der Waals surface area (Å²) in [6.45, 7) is 10.1. The van der Waals surface area contributed by atoms with Crippen molar-refractivity contribution in [3.63, 3.8) is 0 Å². The van der Waals surface area contributed by atoms with Gasteiger partial charge in [-0.15, -0.1) is 0 Å². The van der Waals surface area contributed by atoms with Crippen molar-refractivity contribution in [2.24, 2.45) is 5.92 Å². The van der Waals surface area contributed by atoms with Gasteiger partial charge in [0.1, 0.15) is 5.75 Å². The number of nitrogens with one attached hydrogen (secondary N) is 1. The van der Waals surface area contributed by atoms with Crippen LogP contribution in [0.5, 0.6) is 5.75 Å². The van der Waals surface area contributed by atoms with Gasteiger partial charge in [-0.2, -0.15) is 4.39 Å². The highest BCUT2D eigenvalue weighted by atomic mass is 32.2. The predicted octanol–water partition coefficient (Wildman–Crippen LogP) is 4.57. The maximum atomic E-state index is 14.4. The molecular formula is C26H34FN3O6S. The Morgan fingerprint density at radius 3 is 2.54 bits per heavy atom. The maximum absolute atomic E-state index is 14.4. The Morgan fingerprint density at radius 1 is 1.24 bits per heavy atom. The Bertz CT molecular complexity index is 1270. The number of carbonyl (C=O) groups excluding carboxylic acids is 1. The number of carboxylic acid groups (broad SMARTS) is 1. The van der Waals surface area contributed by atoms with Crippen molar-refractivity contribution in [2.75, 3.05) is 13.2 Å². The van der Waals surface area contributed by atoms with E-state index in [1.807, 2.05) is 39.3 Å². The van der Waals surface area contributed by atoms with Gasteiger partial charge in [0.15, 0.2) is 0 Å². The van der Waals surface area contributed by atoms with E-state index in [9.17, 15) is 27.5 Å². The first-order valence-corrected chi connectivity index (χ1v) is 13.6. The highest BCUT2D eigenvalue weighted by Gasteiger charge is 2.40. The minimum absolute atomic E-state index is 0.201. The summed E-state index contributed by atoms with van der Waals surface area (Å²) in [5, 5.41) is 9.36. The standard InChI is InChI=1S/C26H34FN3O6S/c1-25(2,3)21-12-11-20(22(27)28-21)23(31)29-37(34,35)19-10-6-9-18(14-19)36-13-7-8-17-15-26(4,5)30(16-17)24(32)33/h6,9-12,14,17H,7-8,13,15-16H2,1-5H3,(H,29,31)(H,32,33). The molecule has 0 aliphatic carbocycles. The van der Waals surface area contributed by atoms with Crippen molar-refractivity contribution in [2.45, 2.75) is 69.7 Å². The molecule has 1 atom stereocenters. The maximum Gasteiger partial charge on any atom is 0.407 e. The van der Waals surface area contributed by atoms with E-state index in [0.717, 1.165) is 12.8 Å². The summed E-state index contributed by atoms with van der Waals surface area (Å²) >= 11 is 0. The molecule has 1 saturated heterocycles. The number of amides is 2. The molecule has 2 heterocycles. The number of aromatic nitrogens is 1. The smallest absolute Gasteiger partial charge is 0.407 e. The number of sulfonamides is 1. The number of hydrogen-bond donors (Lipinski definition) is 2. The fourth-order valence-corrected chi connectivity index (χ4v) is 5.47. The molecule has 11 heteroatoms. The molecule has 0 spiro atoms. The molecule has 37 heavy (non-hydrogen) atoms. The Kier molecular flexibility index (Phi) is 8.16. The minimum atomic E-state index is -4.29. The minimum Gasteiger partial charge on any atom is -0.494 e. The van der Waals surface area contributed by atoms with Crippen LogP contribution in [-0.4, -0.2) is 54.1 Å². The molecule has 3 rings (SSSR count). The number of pyridine rings is 1. The molecule has 2 amide bonds. The average molecular weight is 536 g/mol. The van der Waals surface area contributed by atoms with E-state index in [1.165, 1.54) is 35.2 Å². The van der Waals surface area contributed by atoms with Gasteiger partial charge in [-0.25, -0.2) is 22.9 Å². The number of rotatable bonds is 8. The first-order chi connectivity index (χ1) is 17.1. The molecule has 1 unspecified atom stereocenters. The SMILES string of the molecule is CC(C)(C)c1ccc(C(=O)NS(=O)(=O)c2cccc(OCCCC3CN(C(=O)O)C(C)(C)C3)c2)c(F)n1. The summed E-state index contributed by atoms with van der Waals surface area (Å²) in [6.07, 6.45) is 1.28. The Hall–Kier alpha value is -3.21. The van der Waals surface area contributed by atoms with Crippen LogP contribution < -0.4 is 9.46 Å². The topological polar surface area (TPSA) is 126 Å². The van der Waals surface area contributed by atoms with E-state index in [1.54, 1.807) is 6.07 Å². The van der Waals surface area contributed by atoms with E-state index < -0.39 is 44.5 Å². The summed E-state index contributed by atoms with van der Waals surface area (Å²) in [5.74, 6) is -1.64. The van der Waals surface area contributed by atoms with Gasteiger partial charge in [-0.1, -0.05) is 26.8 Å². The number of likely N-dealkylation sites (tertiary alicyclic amines) is 1. The summed E-state index contributed by atoms with van der Waals surface area (Å²) in [4.78, 5) is 29.0. The fraction of sp³-hybridized carbons (Fsp3) is 0.500. The third-order valence-corrected chi connectivity index (χ3v) is 7.75. The molecule has 2 aromatic rings. The van der Waals surface area contributed by atoms with Crippen LogP contribution in [0.4, 0.5) is 9.18 Å². The van der Waals surface area contributed by atoms with Crippen molar-refractivity contribution >= 4 is 22.0 Å². The van der Waals surface area contributed by atoms with Gasteiger partial charge in [-0.3, -0.25) is 4.79 Å². The molecule has 2 N–H and O–H groups in total. The van der Waals surface area contributed by atoms with Gasteiger partial charge in [0.25, 0.3) is 15.9 Å². The number of carbonyl (C=O) groups is 2. The molecular weight excluding hydrogens is 501 g/mol. The summed E-state index contributed by atoms with van der Waals surface area (Å²) in [6, 6.07) is 8.39. The fourth-order valence-electron chi connectivity index (χ4n) is 4.47. The molecule has 0 saturated carbocycles. The Morgan fingerprint density at radius 2 is 1.95 bits per heavy atom. The Labute approximate surface area is 217 Å². The second-order valence-electron chi connectivity index (χ2n) is 11.0. The first kappa shape index (κ1) is 28.4. The summed E-state index contributed by atoms with van der Waals surface area (Å²) in [5.41, 5.74) is -0.877. The Balaban J connectivity index is 1.58. The van der Waals surface area contributed by atoms with Crippen LogP contribution in [0.25, 0.3) is 0 Å². The number of nitrogens with zero attached hydrogens (tertiary/aromatic N) is 2. The molecule has 0 bridgehead atoms. The number of ether oxygens (including phenoxy) is 1. The van der Waals surface area contributed by atoms with E-state index >= 15 is 0 Å². The van der Waals surface area contributed by atoms with Crippen molar-refractivity contribution in [3.8, 4) is 5.75 Å². The third-order valence-electron chi connectivity index (χ3n) is 6.42. The molecule has 202 valence electrons. The molecule has 0 radical (unpaired) electrons. The second-order valence-corrected chi connectivity index (χ2v) is 12.6. The third kappa shape index (κ3) is 6.97. The molecule has 1 aliphatic heterocycles. The zero-order valence-corrected chi connectivity index (χ0v) is 22.6. The van der Waals surface area contributed by atoms with Gasteiger partial charge in [0.05, 0.1) is 17.1 Å². The zero-order valence-electron chi connectivity index (χ0n) is 21.7. The van der Waals surface area contributed by atoms with Gasteiger partial charge in [0, 0.05) is 29.3 Å². The van der Waals surface area contributed by atoms with Crippen LogP contribution in [0.2, 0.25) is 0 Å². The summed E-state index contributed by atoms with van der Waals surface area (Å²) in [7, 11) is -4.29. The first-order valence-electron chi connectivity index (χ1n) is 12.1. The van der Waals surface area contributed by atoms with Crippen LogP contribution >= 0.6 is 0 Å². The summed E-state index contributed by atoms with van der Waals surface area (Å²) < 4.78 is 47.6. The average Bonchev–Trinajstić information content (AvgIpc) is 3.10. The van der Waals surface area contributed by atoms with Crippen LogP contribution in [0.1, 0.15) is 69.9 Å². The molecule has 1 fully saturated rings. The van der Waals surface area contributed by atoms with E-state index in [-0.39, 0.29) is 10.8 Å². The second kappa shape index (κ2) is 10.6. The van der Waals surface area contributed by atoms with Crippen molar-refractivity contribution in [1.82, 2.24) is 14.6 Å². The zero-order chi connectivity index (χ0) is 27.6. The normalized spacial score (nSPS) is 17.5. The quantitative estimate of drug-likeness (QED) is 0.374.